The predicted molar refractivity (Wildman–Crippen MR) is 69.9 cm³/mol. The zero-order valence-electron chi connectivity index (χ0n) is 11.1. The molecular weight excluding hydrogens is 248 g/mol. The number of nitrogens with one attached hydrogen (secondary N) is 1. The lowest BCUT2D eigenvalue weighted by atomic mass is 9.76. The lowest BCUT2D eigenvalue weighted by molar-refractivity contribution is -0.127. The molecule has 1 aliphatic rings. The number of carbonyl (C=O) groups is 1. The number of hydrogen-bond donors (Lipinski definition) is 1. The molecule has 1 aliphatic heterocycles. The maximum Gasteiger partial charge on any atom is 0.144 e. The number of Topliss-reactive ketones (excluding diaryl/α,β-unsaturated/α-hetero) is 1. The Kier molecular flexibility index (Phi) is 4.30. The van der Waals surface area contributed by atoms with Crippen molar-refractivity contribution in [2.45, 2.75) is 32.6 Å². The standard InChI is InChI=1S/C15H19F2NO/c1-2-5-15(6-7-18-10-15)14(19)8-11-3-4-12(16)9-13(11)17/h3-4,9,18H,2,5-8,10H2,1H3. The highest BCUT2D eigenvalue weighted by Crippen LogP contribution is 2.33. The highest BCUT2D eigenvalue weighted by Gasteiger charge is 2.39. The Balaban J connectivity index is 2.15. The summed E-state index contributed by atoms with van der Waals surface area (Å²) in [4.78, 5) is 12.5. The quantitative estimate of drug-likeness (QED) is 0.888. The molecule has 0 aliphatic carbocycles. The van der Waals surface area contributed by atoms with E-state index in [2.05, 4.69) is 5.32 Å². The molecule has 0 amide bonds. The van der Waals surface area contributed by atoms with Gasteiger partial charge in [0.05, 0.1) is 0 Å². The minimum Gasteiger partial charge on any atom is -0.316 e. The summed E-state index contributed by atoms with van der Waals surface area (Å²) in [7, 11) is 0. The van der Waals surface area contributed by atoms with Crippen molar-refractivity contribution >= 4 is 5.78 Å². The highest BCUT2D eigenvalue weighted by atomic mass is 19.1. The summed E-state index contributed by atoms with van der Waals surface area (Å²) >= 11 is 0. The summed E-state index contributed by atoms with van der Waals surface area (Å²) in [6.07, 6.45) is 2.61. The van der Waals surface area contributed by atoms with E-state index in [1.165, 1.54) is 12.1 Å². The second kappa shape index (κ2) is 5.78. The molecule has 1 unspecified atom stereocenters. The van der Waals surface area contributed by atoms with Crippen LogP contribution in [0.5, 0.6) is 0 Å². The van der Waals surface area contributed by atoms with Gasteiger partial charge in [0, 0.05) is 24.4 Å². The molecule has 0 radical (unpaired) electrons. The Morgan fingerprint density at radius 1 is 1.42 bits per heavy atom. The molecule has 4 heteroatoms. The molecule has 2 rings (SSSR count). The Morgan fingerprint density at radius 3 is 2.79 bits per heavy atom. The van der Waals surface area contributed by atoms with Gasteiger partial charge in [-0.3, -0.25) is 4.79 Å². The van der Waals surface area contributed by atoms with E-state index in [4.69, 9.17) is 0 Å². The molecule has 0 bridgehead atoms. The first-order valence-corrected chi connectivity index (χ1v) is 6.75. The molecular formula is C15H19F2NO. The van der Waals surface area contributed by atoms with E-state index in [0.717, 1.165) is 31.9 Å². The van der Waals surface area contributed by atoms with Crippen molar-refractivity contribution in [3.63, 3.8) is 0 Å². The molecule has 1 atom stereocenters. The number of halogens is 2. The molecule has 1 N–H and O–H groups in total. The zero-order chi connectivity index (χ0) is 13.9. The van der Waals surface area contributed by atoms with Gasteiger partial charge in [0.25, 0.3) is 0 Å². The maximum atomic E-state index is 13.6. The number of carbonyl (C=O) groups excluding carboxylic acids is 1. The number of benzene rings is 1. The predicted octanol–water partition coefficient (Wildman–Crippen LogP) is 2.86. The lowest BCUT2D eigenvalue weighted by Crippen LogP contribution is -2.34. The highest BCUT2D eigenvalue weighted by molar-refractivity contribution is 5.87. The Bertz CT molecular complexity index is 467. The zero-order valence-corrected chi connectivity index (χ0v) is 11.1. The van der Waals surface area contributed by atoms with Crippen molar-refractivity contribution in [2.24, 2.45) is 5.41 Å². The minimum atomic E-state index is -0.633. The van der Waals surface area contributed by atoms with Crippen molar-refractivity contribution in [1.82, 2.24) is 5.32 Å². The van der Waals surface area contributed by atoms with Gasteiger partial charge in [-0.1, -0.05) is 19.4 Å². The van der Waals surface area contributed by atoms with Crippen LogP contribution in [0.1, 0.15) is 31.7 Å². The van der Waals surface area contributed by atoms with E-state index in [9.17, 15) is 13.6 Å². The molecule has 0 saturated carbocycles. The first kappa shape index (κ1) is 14.1. The SMILES string of the molecule is CCCC1(C(=O)Cc2ccc(F)cc2F)CCNC1. The molecule has 104 valence electrons. The van der Waals surface area contributed by atoms with Crippen molar-refractivity contribution < 1.29 is 13.6 Å². The molecule has 1 aromatic rings. The van der Waals surface area contributed by atoms with E-state index in [-0.39, 0.29) is 23.2 Å². The second-order valence-electron chi connectivity index (χ2n) is 5.29. The first-order valence-electron chi connectivity index (χ1n) is 6.75. The Morgan fingerprint density at radius 2 is 2.21 bits per heavy atom. The molecule has 1 heterocycles. The third-order valence-electron chi connectivity index (χ3n) is 3.93. The summed E-state index contributed by atoms with van der Waals surface area (Å²) in [5.41, 5.74) is -0.0796. The van der Waals surface area contributed by atoms with Crippen LogP contribution in [-0.2, 0) is 11.2 Å². The number of rotatable bonds is 5. The number of ketones is 1. The van der Waals surface area contributed by atoms with Crippen LogP contribution >= 0.6 is 0 Å². The summed E-state index contributed by atoms with van der Waals surface area (Å²) in [5, 5.41) is 3.21. The summed E-state index contributed by atoms with van der Waals surface area (Å²) in [6, 6.07) is 3.40. The molecule has 1 fully saturated rings. The Hall–Kier alpha value is -1.29. The number of hydrogen-bond acceptors (Lipinski definition) is 2. The van der Waals surface area contributed by atoms with Crippen LogP contribution in [0.25, 0.3) is 0 Å². The second-order valence-corrected chi connectivity index (χ2v) is 5.29. The molecule has 0 spiro atoms. The lowest BCUT2D eigenvalue weighted by Gasteiger charge is -2.26. The fourth-order valence-corrected chi connectivity index (χ4v) is 2.84. The average molecular weight is 267 g/mol. The molecule has 1 saturated heterocycles. The van der Waals surface area contributed by atoms with Crippen LogP contribution in [0.2, 0.25) is 0 Å². The van der Waals surface area contributed by atoms with Gasteiger partial charge >= 0.3 is 0 Å². The van der Waals surface area contributed by atoms with Gasteiger partial charge in [0.1, 0.15) is 17.4 Å². The first-order chi connectivity index (χ1) is 9.07. The fourth-order valence-electron chi connectivity index (χ4n) is 2.84. The van der Waals surface area contributed by atoms with Crippen molar-refractivity contribution in [1.29, 1.82) is 0 Å². The van der Waals surface area contributed by atoms with Crippen molar-refractivity contribution in [3.05, 3.63) is 35.4 Å². The van der Waals surface area contributed by atoms with Crippen LogP contribution in [0, 0.1) is 17.0 Å². The van der Waals surface area contributed by atoms with Crippen LogP contribution in [0.4, 0.5) is 8.78 Å². The van der Waals surface area contributed by atoms with Gasteiger partial charge in [-0.05, 0) is 31.0 Å². The third-order valence-corrected chi connectivity index (χ3v) is 3.93. The van der Waals surface area contributed by atoms with E-state index in [0.29, 0.717) is 6.54 Å². The summed E-state index contributed by atoms with van der Waals surface area (Å²) in [6.45, 7) is 3.55. The van der Waals surface area contributed by atoms with Gasteiger partial charge in [-0.25, -0.2) is 8.78 Å². The van der Waals surface area contributed by atoms with E-state index >= 15 is 0 Å². The van der Waals surface area contributed by atoms with E-state index < -0.39 is 11.6 Å². The normalized spacial score (nSPS) is 22.7. The monoisotopic (exact) mass is 267 g/mol. The summed E-state index contributed by atoms with van der Waals surface area (Å²) in [5.74, 6) is -1.18. The van der Waals surface area contributed by atoms with Crippen molar-refractivity contribution in [2.75, 3.05) is 13.1 Å². The average Bonchev–Trinajstić information content (AvgIpc) is 2.83. The van der Waals surface area contributed by atoms with Crippen LogP contribution in [-0.4, -0.2) is 18.9 Å². The van der Waals surface area contributed by atoms with Gasteiger partial charge in [0.15, 0.2) is 0 Å². The van der Waals surface area contributed by atoms with Gasteiger partial charge < -0.3 is 5.32 Å². The summed E-state index contributed by atoms with van der Waals surface area (Å²) < 4.78 is 26.4. The maximum absolute atomic E-state index is 13.6. The molecule has 0 aromatic heterocycles. The smallest absolute Gasteiger partial charge is 0.144 e. The van der Waals surface area contributed by atoms with Crippen LogP contribution < -0.4 is 5.32 Å². The molecule has 1 aromatic carbocycles. The molecule has 19 heavy (non-hydrogen) atoms. The van der Waals surface area contributed by atoms with Crippen LogP contribution in [0.15, 0.2) is 18.2 Å². The van der Waals surface area contributed by atoms with Crippen molar-refractivity contribution in [3.8, 4) is 0 Å². The fraction of sp³-hybridized carbons (Fsp3) is 0.533. The van der Waals surface area contributed by atoms with E-state index in [1.54, 1.807) is 0 Å². The minimum absolute atomic E-state index is 0.0494. The topological polar surface area (TPSA) is 29.1 Å². The van der Waals surface area contributed by atoms with Gasteiger partial charge in [0.2, 0.25) is 0 Å². The van der Waals surface area contributed by atoms with Crippen LogP contribution in [0.3, 0.4) is 0 Å². The third kappa shape index (κ3) is 3.00. The van der Waals surface area contributed by atoms with E-state index in [1.807, 2.05) is 6.92 Å². The Labute approximate surface area is 112 Å². The van der Waals surface area contributed by atoms with Gasteiger partial charge in [-0.15, -0.1) is 0 Å². The largest absolute Gasteiger partial charge is 0.316 e. The van der Waals surface area contributed by atoms with Gasteiger partial charge in [-0.2, -0.15) is 0 Å². The molecule has 2 nitrogen and oxygen atoms in total.